The smallest absolute Gasteiger partial charge is 0.338 e. The Kier molecular flexibility index (Phi) is 7.22. The van der Waals surface area contributed by atoms with E-state index in [4.69, 9.17) is 9.47 Å². The van der Waals surface area contributed by atoms with Crippen LogP contribution >= 0.6 is 0 Å². The van der Waals surface area contributed by atoms with E-state index in [9.17, 15) is 9.59 Å². The molecule has 3 rings (SSSR count). The summed E-state index contributed by atoms with van der Waals surface area (Å²) in [5.41, 5.74) is 1.39. The number of rotatable bonds is 8. The molecule has 0 aliphatic heterocycles. The van der Waals surface area contributed by atoms with Crippen LogP contribution in [0.25, 0.3) is 0 Å². The highest BCUT2D eigenvalue weighted by Gasteiger charge is 2.19. The minimum absolute atomic E-state index is 0.00849. The van der Waals surface area contributed by atoms with Gasteiger partial charge in [-0.05, 0) is 55.8 Å². The van der Waals surface area contributed by atoms with Gasteiger partial charge in [0.25, 0.3) is 5.91 Å². The zero-order valence-electron chi connectivity index (χ0n) is 17.2. The first kappa shape index (κ1) is 21.1. The predicted molar refractivity (Wildman–Crippen MR) is 115 cm³/mol. The topological polar surface area (TPSA) is 55.8 Å². The van der Waals surface area contributed by atoms with Crippen LogP contribution in [0.5, 0.6) is 11.5 Å². The molecule has 0 spiro atoms. The van der Waals surface area contributed by atoms with Crippen LogP contribution in [0.4, 0.5) is 0 Å². The van der Waals surface area contributed by atoms with Gasteiger partial charge in [0.05, 0.1) is 5.56 Å². The van der Waals surface area contributed by atoms with E-state index in [0.29, 0.717) is 23.6 Å². The first-order valence-electron chi connectivity index (χ1n) is 9.86. The molecule has 0 aromatic heterocycles. The molecule has 0 atom stereocenters. The average molecular weight is 403 g/mol. The summed E-state index contributed by atoms with van der Waals surface area (Å²) in [6.45, 7) is 4.05. The number of benzene rings is 3. The van der Waals surface area contributed by atoms with Gasteiger partial charge in [-0.1, -0.05) is 48.5 Å². The summed E-state index contributed by atoms with van der Waals surface area (Å²) < 4.78 is 11.0. The van der Waals surface area contributed by atoms with Crippen molar-refractivity contribution < 1.29 is 19.1 Å². The Balaban J connectivity index is 1.55. The van der Waals surface area contributed by atoms with Gasteiger partial charge in [-0.2, -0.15) is 0 Å². The fourth-order valence-electron chi connectivity index (χ4n) is 2.92. The standard InChI is InChI=1S/C25H25NO4/c1-19(2)26(17-20-9-5-3-6-10-20)24(27)18-29-25(28)21-13-15-23(16-14-21)30-22-11-7-4-8-12-22/h3-16,19H,17-18H2,1-2H3. The highest BCUT2D eigenvalue weighted by molar-refractivity contribution is 5.91. The molecular formula is C25H25NO4. The maximum absolute atomic E-state index is 12.6. The van der Waals surface area contributed by atoms with Crippen LogP contribution in [0.15, 0.2) is 84.9 Å². The number of hydrogen-bond acceptors (Lipinski definition) is 4. The molecular weight excluding hydrogens is 378 g/mol. The second-order valence-electron chi connectivity index (χ2n) is 7.12. The molecule has 0 heterocycles. The lowest BCUT2D eigenvalue weighted by molar-refractivity contribution is -0.136. The summed E-state index contributed by atoms with van der Waals surface area (Å²) in [5, 5.41) is 0. The van der Waals surface area contributed by atoms with Crippen molar-refractivity contribution in [1.29, 1.82) is 0 Å². The van der Waals surface area contributed by atoms with Crippen molar-refractivity contribution >= 4 is 11.9 Å². The fourth-order valence-corrected chi connectivity index (χ4v) is 2.92. The molecule has 3 aromatic rings. The van der Waals surface area contributed by atoms with Crippen LogP contribution in [0.2, 0.25) is 0 Å². The molecule has 0 N–H and O–H groups in total. The molecule has 0 fully saturated rings. The second kappa shape index (κ2) is 10.3. The normalized spacial score (nSPS) is 10.5. The Morgan fingerprint density at radius 3 is 1.97 bits per heavy atom. The van der Waals surface area contributed by atoms with E-state index in [2.05, 4.69) is 0 Å². The summed E-state index contributed by atoms with van der Waals surface area (Å²) in [4.78, 5) is 26.6. The molecule has 0 aliphatic rings. The largest absolute Gasteiger partial charge is 0.457 e. The van der Waals surface area contributed by atoms with E-state index in [0.717, 1.165) is 5.56 Å². The highest BCUT2D eigenvalue weighted by Crippen LogP contribution is 2.21. The van der Waals surface area contributed by atoms with Crippen LogP contribution in [0.3, 0.4) is 0 Å². The van der Waals surface area contributed by atoms with Gasteiger partial charge in [-0.25, -0.2) is 4.79 Å². The number of nitrogens with zero attached hydrogens (tertiary/aromatic N) is 1. The maximum atomic E-state index is 12.6. The van der Waals surface area contributed by atoms with Gasteiger partial charge in [0.1, 0.15) is 11.5 Å². The van der Waals surface area contributed by atoms with E-state index >= 15 is 0 Å². The summed E-state index contributed by atoms with van der Waals surface area (Å²) in [7, 11) is 0. The van der Waals surface area contributed by atoms with E-state index < -0.39 is 5.97 Å². The van der Waals surface area contributed by atoms with Crippen molar-refractivity contribution in [2.24, 2.45) is 0 Å². The SMILES string of the molecule is CC(C)N(Cc1ccccc1)C(=O)COC(=O)c1ccc(Oc2ccccc2)cc1. The monoisotopic (exact) mass is 403 g/mol. The molecule has 3 aromatic carbocycles. The first-order valence-corrected chi connectivity index (χ1v) is 9.86. The third-order valence-electron chi connectivity index (χ3n) is 4.54. The Morgan fingerprint density at radius 1 is 0.800 bits per heavy atom. The van der Waals surface area contributed by atoms with Crippen LogP contribution in [0, 0.1) is 0 Å². The Bertz CT molecular complexity index is 953. The zero-order chi connectivity index (χ0) is 21.3. The third-order valence-corrected chi connectivity index (χ3v) is 4.54. The molecule has 0 aliphatic carbocycles. The van der Waals surface area contributed by atoms with Crippen molar-refractivity contribution in [2.75, 3.05) is 6.61 Å². The average Bonchev–Trinajstić information content (AvgIpc) is 2.77. The molecule has 5 heteroatoms. The lowest BCUT2D eigenvalue weighted by Crippen LogP contribution is -2.39. The molecule has 30 heavy (non-hydrogen) atoms. The van der Waals surface area contributed by atoms with Crippen molar-refractivity contribution in [1.82, 2.24) is 4.90 Å². The minimum atomic E-state index is -0.543. The Labute approximate surface area is 176 Å². The molecule has 5 nitrogen and oxygen atoms in total. The molecule has 0 unspecified atom stereocenters. The van der Waals surface area contributed by atoms with Crippen LogP contribution in [-0.4, -0.2) is 29.4 Å². The van der Waals surface area contributed by atoms with Gasteiger partial charge >= 0.3 is 5.97 Å². The van der Waals surface area contributed by atoms with Crippen LogP contribution in [0.1, 0.15) is 29.8 Å². The summed E-state index contributed by atoms with van der Waals surface area (Å²) >= 11 is 0. The van der Waals surface area contributed by atoms with E-state index in [1.807, 2.05) is 74.5 Å². The van der Waals surface area contributed by atoms with Gasteiger partial charge in [0, 0.05) is 12.6 Å². The molecule has 0 saturated heterocycles. The predicted octanol–water partition coefficient (Wildman–Crippen LogP) is 5.07. The molecule has 0 bridgehead atoms. The molecule has 154 valence electrons. The first-order chi connectivity index (χ1) is 14.5. The number of para-hydroxylation sites is 1. The minimum Gasteiger partial charge on any atom is -0.457 e. The summed E-state index contributed by atoms with van der Waals surface area (Å²) in [6.07, 6.45) is 0. The fraction of sp³-hybridized carbons (Fsp3) is 0.200. The van der Waals surface area contributed by atoms with Crippen LogP contribution in [-0.2, 0) is 16.1 Å². The second-order valence-corrected chi connectivity index (χ2v) is 7.12. The van der Waals surface area contributed by atoms with Crippen molar-refractivity contribution in [3.63, 3.8) is 0 Å². The van der Waals surface area contributed by atoms with E-state index in [-0.39, 0.29) is 18.6 Å². The third kappa shape index (κ3) is 5.95. The quantitative estimate of drug-likeness (QED) is 0.493. The van der Waals surface area contributed by atoms with Crippen molar-refractivity contribution in [3.05, 3.63) is 96.1 Å². The highest BCUT2D eigenvalue weighted by atomic mass is 16.5. The number of carbonyl (C=O) groups is 2. The van der Waals surface area contributed by atoms with Gasteiger partial charge in [-0.3, -0.25) is 4.79 Å². The number of hydrogen-bond donors (Lipinski definition) is 0. The Hall–Kier alpha value is -3.60. The van der Waals surface area contributed by atoms with Gasteiger partial charge in [-0.15, -0.1) is 0 Å². The van der Waals surface area contributed by atoms with Gasteiger partial charge in [0.2, 0.25) is 0 Å². The van der Waals surface area contributed by atoms with Gasteiger partial charge in [0.15, 0.2) is 6.61 Å². The lowest BCUT2D eigenvalue weighted by Gasteiger charge is -2.26. The molecule has 0 saturated carbocycles. The summed E-state index contributed by atoms with van der Waals surface area (Å²) in [5.74, 6) is 0.553. The molecule has 1 amide bonds. The van der Waals surface area contributed by atoms with Crippen LogP contribution < -0.4 is 4.74 Å². The van der Waals surface area contributed by atoms with Crippen molar-refractivity contribution in [2.45, 2.75) is 26.4 Å². The number of amides is 1. The number of ether oxygens (including phenoxy) is 2. The van der Waals surface area contributed by atoms with Gasteiger partial charge < -0.3 is 14.4 Å². The van der Waals surface area contributed by atoms with E-state index in [1.54, 1.807) is 29.2 Å². The number of esters is 1. The summed E-state index contributed by atoms with van der Waals surface area (Å²) in [6, 6.07) is 25.7. The van der Waals surface area contributed by atoms with Crippen molar-refractivity contribution in [3.8, 4) is 11.5 Å². The number of carbonyl (C=O) groups excluding carboxylic acids is 2. The Morgan fingerprint density at radius 2 is 1.37 bits per heavy atom. The lowest BCUT2D eigenvalue weighted by atomic mass is 10.2. The van der Waals surface area contributed by atoms with E-state index in [1.165, 1.54) is 0 Å². The molecule has 0 radical (unpaired) electrons. The zero-order valence-corrected chi connectivity index (χ0v) is 17.2. The maximum Gasteiger partial charge on any atom is 0.338 e.